The fourth-order valence-corrected chi connectivity index (χ4v) is 2.53. The van der Waals surface area contributed by atoms with Crippen LogP contribution in [0.3, 0.4) is 0 Å². The molecule has 0 unspecified atom stereocenters. The summed E-state index contributed by atoms with van der Waals surface area (Å²) < 4.78 is 5.11. The molecule has 3 aromatic rings. The molecule has 3 rings (SSSR count). The van der Waals surface area contributed by atoms with Gasteiger partial charge in [-0.1, -0.05) is 18.2 Å². The molecule has 0 fully saturated rings. The lowest BCUT2D eigenvalue weighted by Crippen LogP contribution is -1.84. The fraction of sp³-hybridized carbons (Fsp3) is 0.154. The van der Waals surface area contributed by atoms with Crippen LogP contribution in [-0.2, 0) is 14.1 Å². The van der Waals surface area contributed by atoms with Crippen LogP contribution in [0.5, 0.6) is 0 Å². The van der Waals surface area contributed by atoms with Crippen molar-refractivity contribution in [2.45, 2.75) is 0 Å². The number of para-hydroxylation sites is 1. The average molecular weight is 290 g/mol. The molecule has 0 radical (unpaired) electrons. The Morgan fingerprint density at radius 2 is 1.88 bits per heavy atom. The minimum Gasteiger partial charge on any atom is -0.350 e. The summed E-state index contributed by atoms with van der Waals surface area (Å²) in [6, 6.07) is 8.36. The molecule has 1 aromatic carbocycles. The van der Waals surface area contributed by atoms with Crippen LogP contribution in [0.2, 0.25) is 0 Å². The summed E-state index contributed by atoms with van der Waals surface area (Å²) in [5.41, 5.74) is 3.37. The molecule has 0 saturated carbocycles. The number of benzene rings is 1. The number of halogens is 1. The minimum atomic E-state index is 0.990. The Hall–Kier alpha value is -1.55. The van der Waals surface area contributed by atoms with E-state index < -0.39 is 0 Å². The van der Waals surface area contributed by atoms with Gasteiger partial charge in [0.25, 0.3) is 0 Å². The van der Waals surface area contributed by atoms with E-state index in [-0.39, 0.29) is 0 Å². The monoisotopic (exact) mass is 289 g/mol. The molecular weight excluding hydrogens is 278 g/mol. The van der Waals surface area contributed by atoms with Crippen molar-refractivity contribution in [1.29, 1.82) is 0 Å². The quantitative estimate of drug-likeness (QED) is 0.674. The summed E-state index contributed by atoms with van der Waals surface area (Å²) in [6.07, 6.45) is 3.94. The first-order valence-corrected chi connectivity index (χ1v) is 6.19. The second-order valence-electron chi connectivity index (χ2n) is 4.17. The highest BCUT2D eigenvalue weighted by Gasteiger charge is 2.14. The van der Waals surface area contributed by atoms with Gasteiger partial charge in [0.1, 0.15) is 10.3 Å². The van der Waals surface area contributed by atoms with Crippen molar-refractivity contribution in [2.75, 3.05) is 0 Å². The molecule has 0 aliphatic carbocycles. The third-order valence-electron chi connectivity index (χ3n) is 3.02. The Morgan fingerprint density at radius 3 is 2.59 bits per heavy atom. The maximum Gasteiger partial charge on any atom is 0.112 e. The molecule has 0 amide bonds. The van der Waals surface area contributed by atoms with Crippen molar-refractivity contribution in [3.05, 3.63) is 41.4 Å². The van der Waals surface area contributed by atoms with Crippen LogP contribution < -0.4 is 0 Å². The molecule has 0 aliphatic rings. The normalized spacial score (nSPS) is 11.2. The zero-order valence-corrected chi connectivity index (χ0v) is 11.3. The Balaban J connectivity index is 2.35. The third-order valence-corrected chi connectivity index (χ3v) is 3.95. The van der Waals surface area contributed by atoms with Gasteiger partial charge < -0.3 is 9.13 Å². The molecule has 0 bridgehead atoms. The molecular formula is C13H12BrN3. The van der Waals surface area contributed by atoms with E-state index in [1.807, 2.05) is 17.9 Å². The van der Waals surface area contributed by atoms with Crippen LogP contribution in [0.15, 0.2) is 41.4 Å². The van der Waals surface area contributed by atoms with E-state index in [4.69, 9.17) is 0 Å². The lowest BCUT2D eigenvalue weighted by atomic mass is 10.1. The smallest absolute Gasteiger partial charge is 0.112 e. The van der Waals surface area contributed by atoms with Crippen molar-refractivity contribution in [1.82, 2.24) is 14.1 Å². The summed E-state index contributed by atoms with van der Waals surface area (Å²) in [7, 11) is 4.04. The van der Waals surface area contributed by atoms with Crippen molar-refractivity contribution in [3.8, 4) is 11.3 Å². The predicted octanol–water partition coefficient (Wildman–Crippen LogP) is 3.34. The number of hydrogen-bond donors (Lipinski definition) is 0. The number of hydrogen-bond acceptors (Lipinski definition) is 1. The molecule has 0 aliphatic heterocycles. The van der Waals surface area contributed by atoms with Crippen LogP contribution in [0, 0.1) is 0 Å². The van der Waals surface area contributed by atoms with Crippen LogP contribution in [-0.4, -0.2) is 14.1 Å². The van der Waals surface area contributed by atoms with Gasteiger partial charge in [0.2, 0.25) is 0 Å². The standard InChI is InChI=1S/C13H12BrN3/c1-16-7-10(9-5-3-4-6-11(9)16)12-13(14)17(2)8-15-12/h3-8H,1-2H3. The molecule has 86 valence electrons. The van der Waals surface area contributed by atoms with Crippen molar-refractivity contribution < 1.29 is 0 Å². The van der Waals surface area contributed by atoms with Gasteiger partial charge >= 0.3 is 0 Å². The number of aryl methyl sites for hydroxylation is 2. The lowest BCUT2D eigenvalue weighted by Gasteiger charge is -1.97. The van der Waals surface area contributed by atoms with Crippen LogP contribution in [0.4, 0.5) is 0 Å². The Morgan fingerprint density at radius 1 is 1.12 bits per heavy atom. The first-order chi connectivity index (χ1) is 8.18. The number of fused-ring (bicyclic) bond motifs is 1. The highest BCUT2D eigenvalue weighted by atomic mass is 79.9. The molecule has 0 spiro atoms. The Kier molecular flexibility index (Phi) is 2.33. The molecule has 2 heterocycles. The van der Waals surface area contributed by atoms with Crippen molar-refractivity contribution >= 4 is 26.8 Å². The largest absolute Gasteiger partial charge is 0.350 e. The number of nitrogens with zero attached hydrogens (tertiary/aromatic N) is 3. The molecule has 3 nitrogen and oxygen atoms in total. The summed E-state index contributed by atoms with van der Waals surface area (Å²) in [4.78, 5) is 4.45. The zero-order valence-electron chi connectivity index (χ0n) is 9.68. The first-order valence-electron chi connectivity index (χ1n) is 5.39. The van der Waals surface area contributed by atoms with E-state index in [0.717, 1.165) is 15.9 Å². The molecule has 0 atom stereocenters. The Bertz CT molecular complexity index is 694. The second kappa shape index (κ2) is 3.74. The van der Waals surface area contributed by atoms with Gasteiger partial charge in [0.15, 0.2) is 0 Å². The first kappa shape index (κ1) is 10.6. The minimum absolute atomic E-state index is 0.990. The number of imidazole rings is 1. The van der Waals surface area contributed by atoms with E-state index in [9.17, 15) is 0 Å². The average Bonchev–Trinajstić information content (AvgIpc) is 2.83. The number of rotatable bonds is 1. The van der Waals surface area contributed by atoms with E-state index >= 15 is 0 Å². The third kappa shape index (κ3) is 1.52. The fourth-order valence-electron chi connectivity index (χ4n) is 2.13. The summed E-state index contributed by atoms with van der Waals surface area (Å²) in [5.74, 6) is 0. The van der Waals surface area contributed by atoms with Crippen LogP contribution >= 0.6 is 15.9 Å². The topological polar surface area (TPSA) is 22.8 Å². The van der Waals surface area contributed by atoms with Gasteiger partial charge in [0.05, 0.1) is 6.33 Å². The SMILES string of the molecule is Cn1cnc(-c2cn(C)c3ccccc23)c1Br. The maximum atomic E-state index is 4.45. The van der Waals surface area contributed by atoms with Gasteiger partial charge in [-0.2, -0.15) is 0 Å². The van der Waals surface area contributed by atoms with Crippen molar-refractivity contribution in [2.24, 2.45) is 14.1 Å². The van der Waals surface area contributed by atoms with E-state index in [2.05, 4.69) is 63.0 Å². The highest BCUT2D eigenvalue weighted by molar-refractivity contribution is 9.10. The predicted molar refractivity (Wildman–Crippen MR) is 72.8 cm³/mol. The molecule has 0 saturated heterocycles. The van der Waals surface area contributed by atoms with E-state index in [0.29, 0.717) is 0 Å². The molecule has 17 heavy (non-hydrogen) atoms. The summed E-state index contributed by atoms with van der Waals surface area (Å²) in [5, 5.41) is 1.23. The van der Waals surface area contributed by atoms with Gasteiger partial charge in [-0.15, -0.1) is 0 Å². The summed E-state index contributed by atoms with van der Waals surface area (Å²) in [6.45, 7) is 0. The molecule has 0 N–H and O–H groups in total. The van der Waals surface area contributed by atoms with Gasteiger partial charge in [-0.05, 0) is 22.0 Å². The Labute approximate surface area is 108 Å². The highest BCUT2D eigenvalue weighted by Crippen LogP contribution is 2.33. The molecule has 4 heteroatoms. The van der Waals surface area contributed by atoms with Crippen LogP contribution in [0.1, 0.15) is 0 Å². The van der Waals surface area contributed by atoms with Gasteiger partial charge in [-0.25, -0.2) is 4.98 Å². The summed E-state index contributed by atoms with van der Waals surface area (Å²) >= 11 is 3.57. The molecule has 2 aromatic heterocycles. The lowest BCUT2D eigenvalue weighted by molar-refractivity contribution is 0.891. The van der Waals surface area contributed by atoms with E-state index in [1.165, 1.54) is 10.9 Å². The van der Waals surface area contributed by atoms with Gasteiger partial charge in [-0.3, -0.25) is 0 Å². The number of aromatic nitrogens is 3. The zero-order chi connectivity index (χ0) is 12.0. The van der Waals surface area contributed by atoms with Crippen molar-refractivity contribution in [3.63, 3.8) is 0 Å². The van der Waals surface area contributed by atoms with Gasteiger partial charge in [0, 0.05) is 36.8 Å². The second-order valence-corrected chi connectivity index (χ2v) is 4.92. The van der Waals surface area contributed by atoms with E-state index in [1.54, 1.807) is 0 Å². The van der Waals surface area contributed by atoms with Crippen LogP contribution in [0.25, 0.3) is 22.2 Å². The maximum absolute atomic E-state index is 4.45.